The van der Waals surface area contributed by atoms with E-state index in [0.29, 0.717) is 0 Å². The van der Waals surface area contributed by atoms with Gasteiger partial charge < -0.3 is 5.11 Å². The molecule has 2 heterocycles. The molecule has 0 atom stereocenters. The summed E-state index contributed by atoms with van der Waals surface area (Å²) in [6, 6.07) is 8.19. The first-order valence-corrected chi connectivity index (χ1v) is 6.64. The van der Waals surface area contributed by atoms with Gasteiger partial charge >= 0.3 is 5.97 Å². The minimum Gasteiger partial charge on any atom is -0.476 e. The van der Waals surface area contributed by atoms with Crippen LogP contribution in [0.5, 0.6) is 0 Å². The summed E-state index contributed by atoms with van der Waals surface area (Å²) in [7, 11) is 0. The highest BCUT2D eigenvalue weighted by Gasteiger charge is 2.24. The van der Waals surface area contributed by atoms with E-state index in [9.17, 15) is 9.90 Å². The molecular formula is C15H16N2O2. The van der Waals surface area contributed by atoms with E-state index in [1.165, 1.54) is 5.56 Å². The van der Waals surface area contributed by atoms with Gasteiger partial charge in [0.2, 0.25) is 0 Å². The molecule has 0 radical (unpaired) electrons. The molecule has 98 valence electrons. The van der Waals surface area contributed by atoms with E-state index in [1.54, 1.807) is 0 Å². The fourth-order valence-corrected chi connectivity index (χ4v) is 2.82. The monoisotopic (exact) mass is 256 g/mol. The lowest BCUT2D eigenvalue weighted by Gasteiger charge is -2.11. The average molecular weight is 256 g/mol. The predicted molar refractivity (Wildman–Crippen MR) is 71.9 cm³/mol. The Morgan fingerprint density at radius 3 is 2.89 bits per heavy atom. The van der Waals surface area contributed by atoms with Crippen molar-refractivity contribution in [2.45, 2.75) is 32.6 Å². The van der Waals surface area contributed by atoms with Gasteiger partial charge in [-0.05, 0) is 30.9 Å². The summed E-state index contributed by atoms with van der Waals surface area (Å²) < 4.78 is 2.05. The molecule has 4 nitrogen and oxygen atoms in total. The van der Waals surface area contributed by atoms with Crippen LogP contribution in [0.15, 0.2) is 24.3 Å². The lowest BCUT2D eigenvalue weighted by Crippen LogP contribution is -2.06. The molecule has 0 amide bonds. The summed E-state index contributed by atoms with van der Waals surface area (Å²) in [4.78, 5) is 15.7. The molecule has 0 saturated heterocycles. The Bertz CT molecular complexity index is 644. The van der Waals surface area contributed by atoms with E-state index in [4.69, 9.17) is 0 Å². The van der Waals surface area contributed by atoms with Crippen LogP contribution >= 0.6 is 0 Å². The number of carbonyl (C=O) groups is 1. The Hall–Kier alpha value is -2.10. The van der Waals surface area contributed by atoms with E-state index in [2.05, 4.69) is 17.1 Å². The van der Waals surface area contributed by atoms with Crippen LogP contribution in [0.3, 0.4) is 0 Å². The smallest absolute Gasteiger partial charge is 0.356 e. The molecule has 1 aromatic heterocycles. The number of aromatic nitrogens is 2. The predicted octanol–water partition coefficient (Wildman–Crippen LogP) is 2.62. The van der Waals surface area contributed by atoms with Crippen LogP contribution in [0.25, 0.3) is 5.69 Å². The molecule has 0 aliphatic carbocycles. The summed E-state index contributed by atoms with van der Waals surface area (Å²) in [5.74, 6) is -0.0930. The topological polar surface area (TPSA) is 55.1 Å². The van der Waals surface area contributed by atoms with Crippen molar-refractivity contribution in [1.82, 2.24) is 9.55 Å². The maximum atomic E-state index is 11.4. The minimum atomic E-state index is -0.928. The molecule has 3 rings (SSSR count). The fourth-order valence-electron chi connectivity index (χ4n) is 2.82. The zero-order chi connectivity index (χ0) is 13.4. The Labute approximate surface area is 111 Å². The number of fused-ring (bicyclic) bond motifs is 3. The number of para-hydroxylation sites is 1. The van der Waals surface area contributed by atoms with E-state index >= 15 is 0 Å². The quantitative estimate of drug-likeness (QED) is 0.898. The Morgan fingerprint density at radius 1 is 1.37 bits per heavy atom. The number of benzene rings is 1. The minimum absolute atomic E-state index is 0.216. The molecule has 1 aliphatic rings. The highest BCUT2D eigenvalue weighted by Crippen LogP contribution is 2.28. The average Bonchev–Trinajstić information content (AvgIpc) is 2.68. The molecule has 4 heteroatoms. The van der Waals surface area contributed by atoms with Crippen molar-refractivity contribution >= 4 is 5.97 Å². The van der Waals surface area contributed by atoms with E-state index < -0.39 is 5.97 Å². The van der Waals surface area contributed by atoms with Gasteiger partial charge in [-0.25, -0.2) is 9.78 Å². The van der Waals surface area contributed by atoms with Crippen molar-refractivity contribution in [3.63, 3.8) is 0 Å². The molecule has 0 unspecified atom stereocenters. The zero-order valence-electron chi connectivity index (χ0n) is 10.9. The van der Waals surface area contributed by atoms with Crippen LogP contribution in [0.1, 0.15) is 40.9 Å². The van der Waals surface area contributed by atoms with Crippen LogP contribution in [0, 0.1) is 0 Å². The van der Waals surface area contributed by atoms with Crippen LogP contribution in [-0.4, -0.2) is 20.6 Å². The second-order valence-electron chi connectivity index (χ2n) is 4.80. The number of aryl methyl sites for hydroxylation is 2. The molecule has 1 aliphatic heterocycles. The van der Waals surface area contributed by atoms with Crippen LogP contribution < -0.4 is 0 Å². The first-order chi connectivity index (χ1) is 9.22. The largest absolute Gasteiger partial charge is 0.476 e. The molecule has 0 spiro atoms. The zero-order valence-corrected chi connectivity index (χ0v) is 10.9. The van der Waals surface area contributed by atoms with E-state index in [0.717, 1.165) is 42.9 Å². The molecule has 0 fully saturated rings. The van der Waals surface area contributed by atoms with Gasteiger partial charge in [0.05, 0.1) is 11.4 Å². The Morgan fingerprint density at radius 2 is 2.16 bits per heavy atom. The van der Waals surface area contributed by atoms with E-state index in [-0.39, 0.29) is 5.69 Å². The summed E-state index contributed by atoms with van der Waals surface area (Å²) in [5, 5.41) is 9.31. The van der Waals surface area contributed by atoms with Gasteiger partial charge in [-0.2, -0.15) is 0 Å². The van der Waals surface area contributed by atoms with Crippen LogP contribution in [0.4, 0.5) is 0 Å². The highest BCUT2D eigenvalue weighted by atomic mass is 16.4. The lowest BCUT2D eigenvalue weighted by atomic mass is 10.1. The number of carboxylic acid groups (broad SMARTS) is 1. The fraction of sp³-hybridized carbons (Fsp3) is 0.333. The van der Waals surface area contributed by atoms with Crippen molar-refractivity contribution < 1.29 is 9.90 Å². The van der Waals surface area contributed by atoms with Crippen LogP contribution in [-0.2, 0) is 19.3 Å². The summed E-state index contributed by atoms with van der Waals surface area (Å²) in [5.41, 5.74) is 3.42. The van der Waals surface area contributed by atoms with Gasteiger partial charge in [-0.15, -0.1) is 0 Å². The van der Waals surface area contributed by atoms with Crippen molar-refractivity contribution in [2.75, 3.05) is 0 Å². The molecule has 0 saturated carbocycles. The first kappa shape index (κ1) is 12.0. The molecule has 1 aromatic carbocycles. The third kappa shape index (κ3) is 1.84. The van der Waals surface area contributed by atoms with Gasteiger partial charge in [-0.3, -0.25) is 4.57 Å². The normalized spacial score (nSPS) is 13.5. The molecule has 2 aromatic rings. The molecular weight excluding hydrogens is 240 g/mol. The first-order valence-electron chi connectivity index (χ1n) is 6.64. The third-order valence-corrected chi connectivity index (χ3v) is 3.65. The second-order valence-corrected chi connectivity index (χ2v) is 4.80. The lowest BCUT2D eigenvalue weighted by molar-refractivity contribution is 0.0689. The SMILES string of the molecule is CCc1nc(C(=O)O)c2n1-c1ccccc1CCC2. The molecule has 19 heavy (non-hydrogen) atoms. The van der Waals surface area contributed by atoms with Crippen molar-refractivity contribution in [1.29, 1.82) is 0 Å². The summed E-state index contributed by atoms with van der Waals surface area (Å²) in [6.45, 7) is 2.01. The van der Waals surface area contributed by atoms with Crippen molar-refractivity contribution in [3.05, 3.63) is 47.0 Å². The van der Waals surface area contributed by atoms with E-state index in [1.807, 2.05) is 23.6 Å². The number of rotatable bonds is 2. The Balaban J connectivity index is 2.31. The summed E-state index contributed by atoms with van der Waals surface area (Å²) in [6.07, 6.45) is 3.45. The number of nitrogens with zero attached hydrogens (tertiary/aromatic N) is 2. The Kier molecular flexibility index (Phi) is 2.85. The highest BCUT2D eigenvalue weighted by molar-refractivity contribution is 5.87. The van der Waals surface area contributed by atoms with Gasteiger partial charge in [0.15, 0.2) is 5.69 Å². The van der Waals surface area contributed by atoms with Crippen molar-refractivity contribution in [2.24, 2.45) is 0 Å². The maximum Gasteiger partial charge on any atom is 0.356 e. The number of hydrogen-bond donors (Lipinski definition) is 1. The molecule has 1 N–H and O–H groups in total. The number of imidazole rings is 1. The standard InChI is InChI=1S/C15H16N2O2/c1-2-13-16-14(15(18)19)12-9-5-7-10-6-3-4-8-11(10)17(12)13/h3-4,6,8H,2,5,7,9H2,1H3,(H,18,19). The molecule has 0 bridgehead atoms. The second kappa shape index (κ2) is 4.53. The van der Waals surface area contributed by atoms with Gasteiger partial charge in [-0.1, -0.05) is 25.1 Å². The number of hydrogen-bond acceptors (Lipinski definition) is 2. The van der Waals surface area contributed by atoms with Gasteiger partial charge in [0.1, 0.15) is 5.82 Å². The maximum absolute atomic E-state index is 11.4. The van der Waals surface area contributed by atoms with Crippen molar-refractivity contribution in [3.8, 4) is 5.69 Å². The van der Waals surface area contributed by atoms with Crippen LogP contribution in [0.2, 0.25) is 0 Å². The number of aromatic carboxylic acids is 1. The number of carboxylic acids is 1. The van der Waals surface area contributed by atoms with Gasteiger partial charge in [0.25, 0.3) is 0 Å². The third-order valence-electron chi connectivity index (χ3n) is 3.65. The van der Waals surface area contributed by atoms with Gasteiger partial charge in [0, 0.05) is 6.42 Å². The summed E-state index contributed by atoms with van der Waals surface area (Å²) >= 11 is 0.